The molecule has 1 unspecified atom stereocenters. The number of hydrogen-bond acceptors (Lipinski definition) is 3. The molecule has 2 aromatic rings. The maximum absolute atomic E-state index is 12.6. The first kappa shape index (κ1) is 21.7. The van der Waals surface area contributed by atoms with Crippen molar-refractivity contribution in [2.45, 2.75) is 76.8 Å². The number of nitrogens with one attached hydrogen (secondary N) is 1. The van der Waals surface area contributed by atoms with Crippen molar-refractivity contribution in [3.8, 4) is 0 Å². The lowest BCUT2D eigenvalue weighted by atomic mass is 10.0. The SMILES string of the molecule is CC(C)(C)[S@](=O)NC(c1ccc2c(c1)ncn2COCC[Si](C)(C)C)C1CC1. The minimum Gasteiger partial charge on any atom is -0.361 e. The minimum absolute atomic E-state index is 0.127. The highest BCUT2D eigenvalue weighted by Crippen LogP contribution is 2.42. The van der Waals surface area contributed by atoms with Gasteiger partial charge in [-0.1, -0.05) is 25.7 Å². The molecule has 0 aliphatic heterocycles. The predicted octanol–water partition coefficient (Wildman–Crippen LogP) is 4.85. The molecule has 0 spiro atoms. The van der Waals surface area contributed by atoms with Crippen LogP contribution in [0.4, 0.5) is 0 Å². The molecule has 1 fully saturated rings. The van der Waals surface area contributed by atoms with Crippen molar-refractivity contribution in [2.75, 3.05) is 6.61 Å². The van der Waals surface area contributed by atoms with Crippen LogP contribution in [0.15, 0.2) is 24.5 Å². The van der Waals surface area contributed by atoms with E-state index >= 15 is 0 Å². The molecular weight excluding hydrogens is 386 g/mol. The largest absolute Gasteiger partial charge is 0.361 e. The van der Waals surface area contributed by atoms with Crippen molar-refractivity contribution in [3.63, 3.8) is 0 Å². The highest BCUT2D eigenvalue weighted by Gasteiger charge is 2.35. The van der Waals surface area contributed by atoms with E-state index in [1.807, 2.05) is 27.1 Å². The molecular formula is C21H35N3O2SSi. The number of benzene rings is 1. The molecule has 156 valence electrons. The quantitative estimate of drug-likeness (QED) is 0.465. The van der Waals surface area contributed by atoms with Gasteiger partial charge in [0.25, 0.3) is 0 Å². The Balaban J connectivity index is 1.71. The molecule has 1 saturated carbocycles. The number of aromatic nitrogens is 2. The average Bonchev–Trinajstić information content (AvgIpc) is 3.35. The molecule has 0 radical (unpaired) electrons. The second kappa shape index (κ2) is 8.38. The second-order valence-corrected chi connectivity index (χ2v) is 17.7. The Bertz CT molecular complexity index is 834. The molecule has 1 aromatic carbocycles. The van der Waals surface area contributed by atoms with Gasteiger partial charge in [0, 0.05) is 20.7 Å². The third-order valence-electron chi connectivity index (χ3n) is 5.11. The first-order valence-electron chi connectivity index (χ1n) is 10.3. The van der Waals surface area contributed by atoms with Crippen LogP contribution >= 0.6 is 0 Å². The van der Waals surface area contributed by atoms with Gasteiger partial charge in [-0.2, -0.15) is 0 Å². The van der Waals surface area contributed by atoms with E-state index < -0.39 is 19.1 Å². The number of hydrogen-bond donors (Lipinski definition) is 1. The lowest BCUT2D eigenvalue weighted by Crippen LogP contribution is -2.36. The molecule has 7 heteroatoms. The number of rotatable bonds is 9. The van der Waals surface area contributed by atoms with Crippen molar-refractivity contribution in [3.05, 3.63) is 30.1 Å². The van der Waals surface area contributed by atoms with E-state index in [-0.39, 0.29) is 10.8 Å². The van der Waals surface area contributed by atoms with Crippen LogP contribution in [-0.4, -0.2) is 33.2 Å². The summed E-state index contributed by atoms with van der Waals surface area (Å²) in [4.78, 5) is 4.58. The van der Waals surface area contributed by atoms with Gasteiger partial charge in [0.05, 0.1) is 33.1 Å². The van der Waals surface area contributed by atoms with Crippen LogP contribution < -0.4 is 4.72 Å². The number of fused-ring (bicyclic) bond motifs is 1. The van der Waals surface area contributed by atoms with Crippen molar-refractivity contribution >= 4 is 30.1 Å². The fourth-order valence-electron chi connectivity index (χ4n) is 3.08. The molecule has 1 heterocycles. The van der Waals surface area contributed by atoms with E-state index in [0.717, 1.165) is 17.6 Å². The molecule has 1 aliphatic carbocycles. The summed E-state index contributed by atoms with van der Waals surface area (Å²) in [5.41, 5.74) is 3.24. The van der Waals surface area contributed by atoms with Gasteiger partial charge in [0.1, 0.15) is 6.73 Å². The van der Waals surface area contributed by atoms with Gasteiger partial charge in [0.15, 0.2) is 0 Å². The zero-order valence-electron chi connectivity index (χ0n) is 18.1. The first-order valence-corrected chi connectivity index (χ1v) is 15.1. The zero-order chi connectivity index (χ0) is 20.5. The highest BCUT2D eigenvalue weighted by molar-refractivity contribution is 7.84. The Morgan fingerprint density at radius 2 is 2.04 bits per heavy atom. The molecule has 2 atom stereocenters. The van der Waals surface area contributed by atoms with E-state index in [1.54, 1.807) is 0 Å². The van der Waals surface area contributed by atoms with Crippen LogP contribution in [0.5, 0.6) is 0 Å². The average molecular weight is 422 g/mol. The van der Waals surface area contributed by atoms with Crippen molar-refractivity contribution in [1.82, 2.24) is 14.3 Å². The summed E-state index contributed by atoms with van der Waals surface area (Å²) in [6.07, 6.45) is 4.24. The summed E-state index contributed by atoms with van der Waals surface area (Å²) >= 11 is 0. The van der Waals surface area contributed by atoms with Crippen molar-refractivity contribution in [2.24, 2.45) is 5.92 Å². The molecule has 0 bridgehead atoms. The van der Waals surface area contributed by atoms with Crippen LogP contribution in [-0.2, 0) is 22.5 Å². The number of nitrogens with zero attached hydrogens (tertiary/aromatic N) is 2. The Morgan fingerprint density at radius 1 is 1.32 bits per heavy atom. The molecule has 1 N–H and O–H groups in total. The monoisotopic (exact) mass is 421 g/mol. The van der Waals surface area contributed by atoms with Crippen LogP contribution in [0.25, 0.3) is 11.0 Å². The van der Waals surface area contributed by atoms with Crippen LogP contribution in [0, 0.1) is 5.92 Å². The van der Waals surface area contributed by atoms with Gasteiger partial charge in [-0.3, -0.25) is 0 Å². The lowest BCUT2D eigenvalue weighted by molar-refractivity contribution is 0.0898. The summed E-state index contributed by atoms with van der Waals surface area (Å²) in [6, 6.07) is 7.71. The molecule has 3 rings (SSSR count). The van der Waals surface area contributed by atoms with E-state index in [2.05, 4.69) is 52.1 Å². The lowest BCUT2D eigenvalue weighted by Gasteiger charge is -2.24. The number of ether oxygens (including phenoxy) is 1. The van der Waals surface area contributed by atoms with Crippen LogP contribution in [0.2, 0.25) is 25.7 Å². The molecule has 0 saturated heterocycles. The standard InChI is InChI=1S/C21H35N3O2SSi/c1-21(2,3)27(25)23-20(16-7-8-16)17-9-10-19-18(13-17)22-14-24(19)15-26-11-12-28(4,5)6/h9-10,13-14,16,20,23H,7-8,11-12,15H2,1-6H3/t20?,27-/m0/s1. The fraction of sp³-hybridized carbons (Fsp3) is 0.667. The van der Waals surface area contributed by atoms with Gasteiger partial charge in [0.2, 0.25) is 0 Å². The highest BCUT2D eigenvalue weighted by atomic mass is 32.2. The van der Waals surface area contributed by atoms with Gasteiger partial charge in [-0.15, -0.1) is 0 Å². The fourth-order valence-corrected chi connectivity index (χ4v) is 4.75. The first-order chi connectivity index (χ1) is 13.0. The third-order valence-corrected chi connectivity index (χ3v) is 8.40. The van der Waals surface area contributed by atoms with Gasteiger partial charge < -0.3 is 9.30 Å². The Morgan fingerprint density at radius 3 is 2.64 bits per heavy atom. The summed E-state index contributed by atoms with van der Waals surface area (Å²) in [7, 11) is -2.15. The summed E-state index contributed by atoms with van der Waals surface area (Å²) in [5.74, 6) is 0.565. The van der Waals surface area contributed by atoms with E-state index in [1.165, 1.54) is 24.4 Å². The van der Waals surface area contributed by atoms with Gasteiger partial charge in [-0.05, 0) is 63.3 Å². The molecule has 5 nitrogen and oxygen atoms in total. The molecule has 1 aliphatic rings. The van der Waals surface area contributed by atoms with Crippen molar-refractivity contribution in [1.29, 1.82) is 0 Å². The Hall–Kier alpha value is -1.02. The van der Waals surface area contributed by atoms with E-state index in [0.29, 0.717) is 12.6 Å². The smallest absolute Gasteiger partial charge is 0.124 e. The maximum atomic E-state index is 12.6. The van der Waals surface area contributed by atoms with Crippen LogP contribution in [0.1, 0.15) is 45.2 Å². The number of imidazole rings is 1. The molecule has 28 heavy (non-hydrogen) atoms. The normalized spacial score (nSPS) is 17.8. The van der Waals surface area contributed by atoms with E-state index in [9.17, 15) is 4.21 Å². The topological polar surface area (TPSA) is 56.2 Å². The van der Waals surface area contributed by atoms with Gasteiger partial charge >= 0.3 is 0 Å². The maximum Gasteiger partial charge on any atom is 0.124 e. The minimum atomic E-state index is -1.08. The third kappa shape index (κ3) is 5.75. The van der Waals surface area contributed by atoms with E-state index in [4.69, 9.17) is 4.74 Å². The summed E-state index contributed by atoms with van der Waals surface area (Å²) < 4.78 is 23.7. The van der Waals surface area contributed by atoms with Crippen molar-refractivity contribution < 1.29 is 8.95 Å². The summed E-state index contributed by atoms with van der Waals surface area (Å²) in [5, 5.41) is 0. The Kier molecular flexibility index (Phi) is 6.49. The summed E-state index contributed by atoms with van der Waals surface area (Å²) in [6.45, 7) is 14.5. The van der Waals surface area contributed by atoms with Gasteiger partial charge in [-0.25, -0.2) is 13.9 Å². The predicted molar refractivity (Wildman–Crippen MR) is 120 cm³/mol. The zero-order valence-corrected chi connectivity index (χ0v) is 19.9. The van der Waals surface area contributed by atoms with Crippen LogP contribution in [0.3, 0.4) is 0 Å². The Labute approximate surface area is 172 Å². The second-order valence-electron chi connectivity index (χ2n) is 10.1. The molecule has 0 amide bonds. The molecule has 1 aromatic heterocycles.